The van der Waals surface area contributed by atoms with Crippen LogP contribution in [0.5, 0.6) is 0 Å². The van der Waals surface area contributed by atoms with Gasteiger partial charge in [-0.1, -0.05) is 79.2 Å². The van der Waals surface area contributed by atoms with Gasteiger partial charge in [-0.2, -0.15) is 0 Å². The highest BCUT2D eigenvalue weighted by atomic mass is 16.5. The van der Waals surface area contributed by atoms with E-state index in [0.29, 0.717) is 6.54 Å². The second-order valence-electron chi connectivity index (χ2n) is 12.0. The lowest BCUT2D eigenvalue weighted by atomic mass is 9.93. The van der Waals surface area contributed by atoms with Gasteiger partial charge in [0.05, 0.1) is 24.2 Å². The number of carbonyl (C=O) groups excluding carboxylic acids is 1. The van der Waals surface area contributed by atoms with Crippen molar-refractivity contribution in [3.05, 3.63) is 123 Å². The Balaban J connectivity index is 0.00000216. The topological polar surface area (TPSA) is 106 Å². The molecule has 0 spiro atoms. The molecule has 44 heavy (non-hydrogen) atoms. The van der Waals surface area contributed by atoms with Gasteiger partial charge in [-0.3, -0.25) is 4.79 Å². The first-order valence-electron chi connectivity index (χ1n) is 15.4. The molecule has 0 radical (unpaired) electrons. The number of nitrogens with two attached hydrogens (primary N) is 1. The first-order chi connectivity index (χ1) is 21.0. The molecule has 0 saturated carbocycles. The van der Waals surface area contributed by atoms with Gasteiger partial charge in [-0.15, -0.1) is 0 Å². The average molecular weight is 595 g/mol. The van der Waals surface area contributed by atoms with E-state index in [2.05, 4.69) is 60.0 Å². The number of nitrogens with one attached hydrogen (secondary N) is 2. The minimum absolute atomic E-state index is 0.0488. The number of amides is 1. The van der Waals surface area contributed by atoms with Gasteiger partial charge in [0.25, 0.3) is 0 Å². The molecule has 0 aliphatic heterocycles. The van der Waals surface area contributed by atoms with Gasteiger partial charge >= 0.3 is 0 Å². The molecule has 232 valence electrons. The van der Waals surface area contributed by atoms with Crippen LogP contribution >= 0.6 is 0 Å². The van der Waals surface area contributed by atoms with Crippen molar-refractivity contribution in [2.24, 2.45) is 5.73 Å². The summed E-state index contributed by atoms with van der Waals surface area (Å²) in [5.74, 6) is 1.42. The maximum absolute atomic E-state index is 13.4. The van der Waals surface area contributed by atoms with Gasteiger partial charge in [-0.05, 0) is 82.0 Å². The zero-order chi connectivity index (χ0) is 32.0. The SMILES string of the molecule is CC.Cc1ccc(C(NC(=O)Cc2ccc3oc(C(NCC(C)(C)N)c4c(C)noc4C)cc3c2)c2ccccc2)c(C)c1. The van der Waals surface area contributed by atoms with Crippen LogP contribution in [0.4, 0.5) is 0 Å². The highest BCUT2D eigenvalue weighted by Crippen LogP contribution is 2.33. The molecule has 7 heteroatoms. The summed E-state index contributed by atoms with van der Waals surface area (Å²) in [5, 5.41) is 11.9. The highest BCUT2D eigenvalue weighted by molar-refractivity contribution is 5.83. The quantitative estimate of drug-likeness (QED) is 0.154. The molecule has 2 atom stereocenters. The molecule has 2 heterocycles. The summed E-state index contributed by atoms with van der Waals surface area (Å²) in [4.78, 5) is 13.4. The molecule has 0 aliphatic rings. The molecule has 5 rings (SSSR count). The van der Waals surface area contributed by atoms with Crippen LogP contribution in [0.1, 0.15) is 90.4 Å². The zero-order valence-electron chi connectivity index (χ0n) is 27.2. The van der Waals surface area contributed by atoms with E-state index in [-0.39, 0.29) is 24.4 Å². The fourth-order valence-corrected chi connectivity index (χ4v) is 5.51. The molecule has 0 fully saturated rings. The van der Waals surface area contributed by atoms with Gasteiger partial charge in [0, 0.05) is 23.0 Å². The number of carbonyl (C=O) groups is 1. The Morgan fingerprint density at radius 3 is 2.30 bits per heavy atom. The van der Waals surface area contributed by atoms with Gasteiger partial charge in [-0.25, -0.2) is 0 Å². The summed E-state index contributed by atoms with van der Waals surface area (Å²) in [5.41, 5.74) is 13.7. The van der Waals surface area contributed by atoms with Crippen molar-refractivity contribution < 1.29 is 13.7 Å². The van der Waals surface area contributed by atoms with Crippen LogP contribution in [0.25, 0.3) is 11.0 Å². The predicted octanol–water partition coefficient (Wildman–Crippen LogP) is 7.55. The normalized spacial score (nSPS) is 12.8. The van der Waals surface area contributed by atoms with Crippen LogP contribution in [-0.2, 0) is 11.2 Å². The third-order valence-corrected chi connectivity index (χ3v) is 7.56. The number of rotatable bonds is 10. The Bertz CT molecular complexity index is 1680. The zero-order valence-corrected chi connectivity index (χ0v) is 27.2. The smallest absolute Gasteiger partial charge is 0.225 e. The third-order valence-electron chi connectivity index (χ3n) is 7.56. The molecular formula is C37H46N4O3. The molecule has 7 nitrogen and oxygen atoms in total. The van der Waals surface area contributed by atoms with E-state index in [1.807, 2.05) is 84.0 Å². The van der Waals surface area contributed by atoms with Gasteiger partial charge < -0.3 is 25.3 Å². The molecule has 5 aromatic rings. The molecular weight excluding hydrogens is 548 g/mol. The third kappa shape index (κ3) is 7.84. The minimum Gasteiger partial charge on any atom is -0.459 e. The lowest BCUT2D eigenvalue weighted by Gasteiger charge is -2.24. The van der Waals surface area contributed by atoms with E-state index < -0.39 is 5.54 Å². The second-order valence-corrected chi connectivity index (χ2v) is 12.0. The second kappa shape index (κ2) is 14.1. The van der Waals surface area contributed by atoms with Crippen molar-refractivity contribution in [1.82, 2.24) is 15.8 Å². The molecule has 0 saturated heterocycles. The molecule has 0 aliphatic carbocycles. The summed E-state index contributed by atoms with van der Waals surface area (Å²) in [6.45, 7) is 16.5. The van der Waals surface area contributed by atoms with Crippen LogP contribution in [0, 0.1) is 27.7 Å². The van der Waals surface area contributed by atoms with Crippen LogP contribution in [-0.4, -0.2) is 23.1 Å². The summed E-state index contributed by atoms with van der Waals surface area (Å²) in [6, 6.07) is 23.9. The van der Waals surface area contributed by atoms with Crippen molar-refractivity contribution in [3.63, 3.8) is 0 Å². The van der Waals surface area contributed by atoms with E-state index in [1.54, 1.807) is 0 Å². The number of benzene rings is 3. The number of aromatic nitrogens is 1. The largest absolute Gasteiger partial charge is 0.459 e. The summed E-state index contributed by atoms with van der Waals surface area (Å²) < 4.78 is 11.8. The fourth-order valence-electron chi connectivity index (χ4n) is 5.51. The Labute approximate surface area is 261 Å². The van der Waals surface area contributed by atoms with Crippen molar-refractivity contribution in [2.75, 3.05) is 6.54 Å². The molecule has 1 amide bonds. The first-order valence-corrected chi connectivity index (χ1v) is 15.4. The predicted molar refractivity (Wildman–Crippen MR) is 178 cm³/mol. The number of aryl methyl sites for hydroxylation is 4. The van der Waals surface area contributed by atoms with Crippen molar-refractivity contribution >= 4 is 16.9 Å². The molecule has 2 aromatic heterocycles. The average Bonchev–Trinajstić information content (AvgIpc) is 3.55. The van der Waals surface area contributed by atoms with Crippen molar-refractivity contribution in [2.45, 2.75) is 79.4 Å². The fraction of sp³-hybridized carbons (Fsp3) is 0.351. The molecule has 2 unspecified atom stereocenters. The van der Waals surface area contributed by atoms with E-state index in [1.165, 1.54) is 5.56 Å². The Morgan fingerprint density at radius 1 is 0.932 bits per heavy atom. The lowest BCUT2D eigenvalue weighted by molar-refractivity contribution is -0.120. The number of hydrogen-bond acceptors (Lipinski definition) is 6. The molecule has 3 aromatic carbocycles. The van der Waals surface area contributed by atoms with E-state index in [4.69, 9.17) is 14.7 Å². The number of furan rings is 1. The van der Waals surface area contributed by atoms with Crippen molar-refractivity contribution in [1.29, 1.82) is 0 Å². The standard InChI is InChI=1S/C35H40N4O3.C2H6/c1-21-12-14-28(22(2)16-21)33(26-10-8-7-9-11-26)38-31(40)18-25-13-15-29-27(17-25)19-30(41-29)34(37-20-35(5,6)36)32-23(3)39-42-24(32)4;1-2/h7-17,19,33-34,37H,18,20,36H2,1-6H3,(H,38,40);1-2H3. The van der Waals surface area contributed by atoms with Crippen LogP contribution in [0.15, 0.2) is 81.7 Å². The summed E-state index contributed by atoms with van der Waals surface area (Å²) in [6.07, 6.45) is 0.248. The van der Waals surface area contributed by atoms with Gasteiger partial charge in [0.1, 0.15) is 17.1 Å². The Kier molecular flexibility index (Phi) is 10.4. The number of hydrogen-bond donors (Lipinski definition) is 3. The monoisotopic (exact) mass is 594 g/mol. The number of nitrogens with zero attached hydrogens (tertiary/aromatic N) is 1. The Hall–Kier alpha value is -4.20. The summed E-state index contributed by atoms with van der Waals surface area (Å²) >= 11 is 0. The van der Waals surface area contributed by atoms with Crippen LogP contribution in [0.3, 0.4) is 0 Å². The van der Waals surface area contributed by atoms with Gasteiger partial charge in [0.2, 0.25) is 5.91 Å². The van der Waals surface area contributed by atoms with Crippen LogP contribution < -0.4 is 16.4 Å². The molecule has 4 N–H and O–H groups in total. The number of fused-ring (bicyclic) bond motifs is 1. The van der Waals surface area contributed by atoms with E-state index >= 15 is 0 Å². The maximum Gasteiger partial charge on any atom is 0.225 e. The van der Waals surface area contributed by atoms with Crippen LogP contribution in [0.2, 0.25) is 0 Å². The minimum atomic E-state index is -0.418. The van der Waals surface area contributed by atoms with Gasteiger partial charge in [0.15, 0.2) is 0 Å². The van der Waals surface area contributed by atoms with Crippen molar-refractivity contribution in [3.8, 4) is 0 Å². The summed E-state index contributed by atoms with van der Waals surface area (Å²) in [7, 11) is 0. The lowest BCUT2D eigenvalue weighted by Crippen LogP contribution is -2.44. The van der Waals surface area contributed by atoms with E-state index in [0.717, 1.165) is 56.0 Å². The Morgan fingerprint density at radius 2 is 1.66 bits per heavy atom. The highest BCUT2D eigenvalue weighted by Gasteiger charge is 2.27. The first kappa shape index (κ1) is 32.7. The van der Waals surface area contributed by atoms with E-state index in [9.17, 15) is 4.79 Å². The molecule has 0 bridgehead atoms. The maximum atomic E-state index is 13.4.